The fourth-order valence-corrected chi connectivity index (χ4v) is 5.56. The minimum atomic E-state index is -4.04. The van der Waals surface area contributed by atoms with Crippen molar-refractivity contribution in [2.75, 3.05) is 31.6 Å². The van der Waals surface area contributed by atoms with Crippen molar-refractivity contribution in [1.29, 1.82) is 0 Å². The van der Waals surface area contributed by atoms with Gasteiger partial charge in [-0.25, -0.2) is 4.79 Å². The lowest BCUT2D eigenvalue weighted by Crippen LogP contribution is -2.34. The highest BCUT2D eigenvalue weighted by Crippen LogP contribution is 2.38. The molecule has 7 nitrogen and oxygen atoms in total. The molecule has 0 atom stereocenters. The Bertz CT molecular complexity index is 1020. The van der Waals surface area contributed by atoms with E-state index < -0.39 is 10.1 Å². The van der Waals surface area contributed by atoms with Crippen LogP contribution in [0.4, 0.5) is 10.5 Å². The van der Waals surface area contributed by atoms with Gasteiger partial charge in [0.2, 0.25) is 0 Å². The van der Waals surface area contributed by atoms with E-state index in [4.69, 9.17) is 8.92 Å². The lowest BCUT2D eigenvalue weighted by atomic mass is 10.2. The molecule has 1 aliphatic rings. The molecule has 10 heteroatoms. The highest BCUT2D eigenvalue weighted by atomic mass is 79.9. The van der Waals surface area contributed by atoms with Crippen LogP contribution in [0.15, 0.2) is 50.2 Å². The van der Waals surface area contributed by atoms with E-state index in [1.807, 2.05) is 0 Å². The first kappa shape index (κ1) is 22.9. The van der Waals surface area contributed by atoms with Crippen molar-refractivity contribution in [3.63, 3.8) is 0 Å². The van der Waals surface area contributed by atoms with E-state index in [1.54, 1.807) is 21.9 Å². The topological polar surface area (TPSA) is 76.2 Å². The van der Waals surface area contributed by atoms with Gasteiger partial charge in [-0.15, -0.1) is 0 Å². The maximum atomic E-state index is 12.7. The third kappa shape index (κ3) is 4.92. The molecule has 3 rings (SSSR count). The third-order valence-corrected chi connectivity index (χ3v) is 6.94. The predicted molar refractivity (Wildman–Crippen MR) is 122 cm³/mol. The number of carbonyl (C=O) groups excluding carboxylic acids is 1. The first-order valence-electron chi connectivity index (χ1n) is 9.26. The molecule has 162 valence electrons. The smallest absolute Gasteiger partial charge is 0.339 e. The van der Waals surface area contributed by atoms with Gasteiger partial charge in [0, 0.05) is 25.3 Å². The summed E-state index contributed by atoms with van der Waals surface area (Å²) < 4.78 is 36.9. The fraction of sp³-hybridized carbons (Fsp3) is 0.350. The van der Waals surface area contributed by atoms with Crippen LogP contribution in [0.3, 0.4) is 0 Å². The number of hydrogen-bond acceptors (Lipinski definition) is 5. The molecule has 0 N–H and O–H groups in total. The van der Waals surface area contributed by atoms with Crippen molar-refractivity contribution in [3.05, 3.63) is 45.3 Å². The Balaban J connectivity index is 1.76. The minimum Gasteiger partial charge on any atom is -0.494 e. The molecule has 0 saturated carbocycles. The normalized spacial score (nSPS) is 14.5. The van der Waals surface area contributed by atoms with E-state index in [0.29, 0.717) is 45.9 Å². The van der Waals surface area contributed by atoms with Crippen molar-refractivity contribution >= 4 is 53.7 Å². The number of methoxy groups -OCH3 is 1. The standard InChI is InChI=1S/C20H22Br2N2O5S/c1-13(2)12-23-8-9-24(20(23)25)14-4-6-16(7-5-14)30(26,27)29-15-10-17(21)19(28-3)18(22)11-15/h4-7,10-11,13H,8-9,12H2,1-3H3. The van der Waals surface area contributed by atoms with Crippen LogP contribution >= 0.6 is 31.9 Å². The molecule has 1 fully saturated rings. The van der Waals surface area contributed by atoms with Crippen LogP contribution in [0.5, 0.6) is 11.5 Å². The molecule has 0 aliphatic carbocycles. The fourth-order valence-electron chi connectivity index (χ4n) is 3.18. The lowest BCUT2D eigenvalue weighted by molar-refractivity contribution is 0.215. The number of ether oxygens (including phenoxy) is 1. The second kappa shape index (κ2) is 9.15. The average molecular weight is 562 g/mol. The first-order valence-corrected chi connectivity index (χ1v) is 12.3. The third-order valence-electron chi connectivity index (χ3n) is 4.50. The van der Waals surface area contributed by atoms with Crippen LogP contribution in [-0.2, 0) is 10.1 Å². The first-order chi connectivity index (χ1) is 14.1. The summed E-state index contributed by atoms with van der Waals surface area (Å²) in [6.45, 7) is 6.05. The minimum absolute atomic E-state index is 0.00000425. The van der Waals surface area contributed by atoms with Crippen LogP contribution in [-0.4, -0.2) is 46.1 Å². The lowest BCUT2D eigenvalue weighted by Gasteiger charge is -2.20. The Kier molecular flexibility index (Phi) is 6.98. The van der Waals surface area contributed by atoms with Gasteiger partial charge >= 0.3 is 16.1 Å². The van der Waals surface area contributed by atoms with Gasteiger partial charge in [-0.3, -0.25) is 4.90 Å². The van der Waals surface area contributed by atoms with Gasteiger partial charge < -0.3 is 13.8 Å². The van der Waals surface area contributed by atoms with E-state index in [-0.39, 0.29) is 16.7 Å². The Morgan fingerprint density at radius 2 is 1.67 bits per heavy atom. The van der Waals surface area contributed by atoms with Crippen LogP contribution < -0.4 is 13.8 Å². The number of nitrogens with zero attached hydrogens (tertiary/aromatic N) is 2. The monoisotopic (exact) mass is 560 g/mol. The van der Waals surface area contributed by atoms with Gasteiger partial charge in [0.15, 0.2) is 0 Å². The molecule has 0 radical (unpaired) electrons. The summed E-state index contributed by atoms with van der Waals surface area (Å²) in [6, 6.07) is 9.08. The molecule has 1 saturated heterocycles. The van der Waals surface area contributed by atoms with Gasteiger partial charge in [-0.2, -0.15) is 8.42 Å². The SMILES string of the molecule is COc1c(Br)cc(OS(=O)(=O)c2ccc(N3CCN(CC(C)C)C3=O)cc2)cc1Br. The summed E-state index contributed by atoms with van der Waals surface area (Å²) in [6.07, 6.45) is 0. The van der Waals surface area contributed by atoms with E-state index in [1.165, 1.54) is 31.4 Å². The summed E-state index contributed by atoms with van der Waals surface area (Å²) in [5.41, 5.74) is 0.653. The summed E-state index contributed by atoms with van der Waals surface area (Å²) in [5, 5.41) is 0. The van der Waals surface area contributed by atoms with Gasteiger partial charge in [0.25, 0.3) is 0 Å². The Morgan fingerprint density at radius 1 is 1.07 bits per heavy atom. The zero-order chi connectivity index (χ0) is 22.1. The van der Waals surface area contributed by atoms with Crippen molar-refractivity contribution < 1.29 is 22.1 Å². The van der Waals surface area contributed by atoms with E-state index in [0.717, 1.165) is 0 Å². The maximum absolute atomic E-state index is 12.7. The number of amides is 2. The van der Waals surface area contributed by atoms with Crippen molar-refractivity contribution in [1.82, 2.24) is 4.90 Å². The molecular weight excluding hydrogens is 540 g/mol. The summed E-state index contributed by atoms with van der Waals surface area (Å²) >= 11 is 6.65. The number of carbonyl (C=O) groups is 1. The number of anilines is 1. The molecule has 0 unspecified atom stereocenters. The molecule has 2 amide bonds. The largest absolute Gasteiger partial charge is 0.494 e. The number of benzene rings is 2. The van der Waals surface area contributed by atoms with Crippen LogP contribution in [0, 0.1) is 5.92 Å². The van der Waals surface area contributed by atoms with E-state index in [9.17, 15) is 13.2 Å². The average Bonchev–Trinajstić information content (AvgIpc) is 3.01. The number of halogens is 2. The predicted octanol–water partition coefficient (Wildman–Crippen LogP) is 4.89. The summed E-state index contributed by atoms with van der Waals surface area (Å²) in [4.78, 5) is 16.0. The Morgan fingerprint density at radius 3 is 2.20 bits per heavy atom. The molecule has 1 aliphatic heterocycles. The molecule has 2 aromatic rings. The number of hydrogen-bond donors (Lipinski definition) is 0. The summed E-state index contributed by atoms with van der Waals surface area (Å²) in [5.74, 6) is 1.06. The van der Waals surface area contributed by atoms with Crippen molar-refractivity contribution in [2.45, 2.75) is 18.7 Å². The molecule has 30 heavy (non-hydrogen) atoms. The Hall–Kier alpha value is -1.78. The molecular formula is C20H22Br2N2O5S. The highest BCUT2D eigenvalue weighted by Gasteiger charge is 2.30. The van der Waals surface area contributed by atoms with Gasteiger partial charge in [0.1, 0.15) is 16.4 Å². The molecule has 0 bridgehead atoms. The second-order valence-electron chi connectivity index (χ2n) is 7.23. The maximum Gasteiger partial charge on any atom is 0.339 e. The van der Waals surface area contributed by atoms with Crippen molar-refractivity contribution in [3.8, 4) is 11.5 Å². The zero-order valence-electron chi connectivity index (χ0n) is 16.8. The number of urea groups is 1. The molecule has 2 aromatic carbocycles. The molecule has 1 heterocycles. The second-order valence-corrected chi connectivity index (χ2v) is 10.5. The highest BCUT2D eigenvalue weighted by molar-refractivity contribution is 9.11. The van der Waals surface area contributed by atoms with Crippen LogP contribution in [0.2, 0.25) is 0 Å². The van der Waals surface area contributed by atoms with Gasteiger partial charge in [-0.1, -0.05) is 13.8 Å². The van der Waals surface area contributed by atoms with Crippen LogP contribution in [0.25, 0.3) is 0 Å². The number of rotatable bonds is 7. The molecule has 0 spiro atoms. The Labute approximate surface area is 193 Å². The van der Waals surface area contributed by atoms with Crippen molar-refractivity contribution in [2.24, 2.45) is 5.92 Å². The van der Waals surface area contributed by atoms with E-state index >= 15 is 0 Å². The zero-order valence-corrected chi connectivity index (χ0v) is 20.8. The van der Waals surface area contributed by atoms with Gasteiger partial charge in [0.05, 0.1) is 16.1 Å². The summed E-state index contributed by atoms with van der Waals surface area (Å²) in [7, 11) is -2.53. The quantitative estimate of drug-likeness (QED) is 0.450. The van der Waals surface area contributed by atoms with E-state index in [2.05, 4.69) is 45.7 Å². The molecule has 0 aromatic heterocycles. The van der Waals surface area contributed by atoms with Gasteiger partial charge in [-0.05, 0) is 74.2 Å². The van der Waals surface area contributed by atoms with Crippen LogP contribution in [0.1, 0.15) is 13.8 Å².